The van der Waals surface area contributed by atoms with Gasteiger partial charge in [-0.2, -0.15) is 0 Å². The molecule has 1 aromatic heterocycles. The second-order valence-corrected chi connectivity index (χ2v) is 8.33. The smallest absolute Gasteiger partial charge is 0.0517 e. The summed E-state index contributed by atoms with van der Waals surface area (Å²) in [5, 5.41) is 3.55. The van der Waals surface area contributed by atoms with Crippen molar-refractivity contribution < 1.29 is 0 Å². The lowest BCUT2D eigenvalue weighted by Gasteiger charge is -2.15. The minimum absolute atomic E-state index is 0.239. The molecule has 0 saturated carbocycles. The van der Waals surface area contributed by atoms with Crippen LogP contribution in [0.2, 0.25) is 0 Å². The molecule has 0 atom stereocenters. The van der Waals surface area contributed by atoms with Gasteiger partial charge in [-0.15, -0.1) is 11.3 Å². The van der Waals surface area contributed by atoms with Gasteiger partial charge >= 0.3 is 0 Å². The number of benzene rings is 1. The third-order valence-corrected chi connectivity index (χ3v) is 5.41. The van der Waals surface area contributed by atoms with Crippen molar-refractivity contribution in [3.05, 3.63) is 49.6 Å². The van der Waals surface area contributed by atoms with E-state index in [1.165, 1.54) is 26.6 Å². The van der Waals surface area contributed by atoms with Crippen molar-refractivity contribution >= 4 is 33.0 Å². The average molecular weight is 352 g/mol. The first-order valence-corrected chi connectivity index (χ1v) is 8.48. The van der Waals surface area contributed by atoms with Crippen molar-refractivity contribution in [2.24, 2.45) is 0 Å². The first-order valence-electron chi connectivity index (χ1n) is 6.87. The second kappa shape index (κ2) is 5.90. The number of halogens is 1. The molecule has 0 aliphatic rings. The lowest BCUT2D eigenvalue weighted by atomic mass is 9.95. The van der Waals surface area contributed by atoms with Crippen molar-refractivity contribution in [1.29, 1.82) is 0 Å². The van der Waals surface area contributed by atoms with Gasteiger partial charge in [0.1, 0.15) is 0 Å². The molecule has 1 nitrogen and oxygen atoms in total. The molecule has 3 heteroatoms. The molecule has 1 N–H and O–H groups in total. The van der Waals surface area contributed by atoms with Crippen LogP contribution in [-0.4, -0.2) is 0 Å². The zero-order valence-electron chi connectivity index (χ0n) is 12.8. The van der Waals surface area contributed by atoms with Crippen molar-refractivity contribution in [2.45, 2.75) is 46.6 Å². The Kier molecular flexibility index (Phi) is 4.60. The van der Waals surface area contributed by atoms with Crippen LogP contribution < -0.4 is 5.32 Å². The van der Waals surface area contributed by atoms with Gasteiger partial charge in [-0.1, -0.05) is 26.8 Å². The molecule has 1 aromatic carbocycles. The number of anilines is 1. The highest BCUT2D eigenvalue weighted by Crippen LogP contribution is 2.31. The van der Waals surface area contributed by atoms with Gasteiger partial charge in [0, 0.05) is 20.8 Å². The predicted molar refractivity (Wildman–Crippen MR) is 94.0 cm³/mol. The number of thiophene rings is 1. The number of nitrogens with one attached hydrogen (secondary N) is 1. The molecule has 0 bridgehead atoms. The van der Waals surface area contributed by atoms with Gasteiger partial charge in [-0.05, 0) is 64.5 Å². The summed E-state index contributed by atoms with van der Waals surface area (Å²) in [4.78, 5) is 2.82. The van der Waals surface area contributed by atoms with E-state index in [2.05, 4.69) is 80.1 Å². The van der Waals surface area contributed by atoms with E-state index in [4.69, 9.17) is 0 Å². The molecule has 2 rings (SSSR count). The minimum Gasteiger partial charge on any atom is -0.379 e. The van der Waals surface area contributed by atoms with Gasteiger partial charge in [-0.25, -0.2) is 0 Å². The Morgan fingerprint density at radius 3 is 2.40 bits per heavy atom. The molecule has 0 aliphatic heterocycles. The first-order chi connectivity index (χ1) is 9.27. The molecule has 0 fully saturated rings. The Balaban J connectivity index is 2.12. The van der Waals surface area contributed by atoms with Crippen LogP contribution in [0.15, 0.2) is 28.7 Å². The zero-order chi connectivity index (χ0) is 14.9. The van der Waals surface area contributed by atoms with E-state index < -0.39 is 0 Å². The van der Waals surface area contributed by atoms with Gasteiger partial charge in [-0.3, -0.25) is 0 Å². The Labute approximate surface area is 134 Å². The van der Waals surface area contributed by atoms with Gasteiger partial charge in [0.05, 0.1) is 5.69 Å². The molecular weight excluding hydrogens is 330 g/mol. The zero-order valence-corrected chi connectivity index (χ0v) is 15.2. The molecule has 108 valence electrons. The number of hydrogen-bond acceptors (Lipinski definition) is 2. The van der Waals surface area contributed by atoms with Crippen LogP contribution in [0, 0.1) is 13.8 Å². The molecule has 0 saturated heterocycles. The van der Waals surface area contributed by atoms with Crippen LogP contribution >= 0.6 is 27.3 Å². The Morgan fingerprint density at radius 2 is 1.85 bits per heavy atom. The molecule has 0 unspecified atom stereocenters. The summed E-state index contributed by atoms with van der Waals surface area (Å²) in [7, 11) is 0. The summed E-state index contributed by atoms with van der Waals surface area (Å²) in [6, 6.07) is 8.85. The molecule has 0 radical (unpaired) electrons. The van der Waals surface area contributed by atoms with Crippen LogP contribution in [0.5, 0.6) is 0 Å². The van der Waals surface area contributed by atoms with Gasteiger partial charge in [0.25, 0.3) is 0 Å². The topological polar surface area (TPSA) is 12.0 Å². The molecular formula is C17H22BrNS. The van der Waals surface area contributed by atoms with E-state index in [1.807, 2.05) is 11.3 Å². The van der Waals surface area contributed by atoms with Crippen molar-refractivity contribution in [1.82, 2.24) is 0 Å². The van der Waals surface area contributed by atoms with Gasteiger partial charge < -0.3 is 5.32 Å². The normalized spacial score (nSPS) is 11.7. The highest BCUT2D eigenvalue weighted by molar-refractivity contribution is 9.10. The standard InChI is InChI=1S/C17H22BrNS/c1-11-8-12(2)16(14(18)9-11)19-10-13-6-7-15(20-13)17(3,4)5/h6-9,19H,10H2,1-5H3. The van der Waals surface area contributed by atoms with Crippen LogP contribution in [0.4, 0.5) is 5.69 Å². The van der Waals surface area contributed by atoms with Crippen LogP contribution in [0.3, 0.4) is 0 Å². The van der Waals surface area contributed by atoms with Crippen molar-refractivity contribution in [3.8, 4) is 0 Å². The van der Waals surface area contributed by atoms with Crippen molar-refractivity contribution in [3.63, 3.8) is 0 Å². The average Bonchev–Trinajstić information content (AvgIpc) is 2.75. The Hall–Kier alpha value is -0.800. The Bertz CT molecular complexity index is 585. The molecule has 20 heavy (non-hydrogen) atoms. The third-order valence-electron chi connectivity index (χ3n) is 3.27. The lowest BCUT2D eigenvalue weighted by molar-refractivity contribution is 0.604. The van der Waals surface area contributed by atoms with Crippen molar-refractivity contribution in [2.75, 3.05) is 5.32 Å². The molecule has 0 aliphatic carbocycles. The quantitative estimate of drug-likeness (QED) is 0.710. The van der Waals surface area contributed by atoms with E-state index in [-0.39, 0.29) is 5.41 Å². The largest absolute Gasteiger partial charge is 0.379 e. The van der Waals surface area contributed by atoms with E-state index in [0.29, 0.717) is 0 Å². The maximum atomic E-state index is 3.65. The molecule has 0 spiro atoms. The highest BCUT2D eigenvalue weighted by Gasteiger charge is 2.16. The first kappa shape index (κ1) is 15.6. The maximum absolute atomic E-state index is 3.65. The monoisotopic (exact) mass is 351 g/mol. The molecule has 1 heterocycles. The van der Waals surface area contributed by atoms with E-state index in [0.717, 1.165) is 11.0 Å². The number of hydrogen-bond donors (Lipinski definition) is 1. The summed E-state index contributed by atoms with van der Waals surface area (Å²) >= 11 is 5.55. The predicted octanol–water partition coefficient (Wildman–Crippen LogP) is 6.04. The number of rotatable bonds is 3. The fraction of sp³-hybridized carbons (Fsp3) is 0.412. The van der Waals surface area contributed by atoms with E-state index in [1.54, 1.807) is 0 Å². The minimum atomic E-state index is 0.239. The number of aryl methyl sites for hydroxylation is 2. The molecule has 2 aromatic rings. The Morgan fingerprint density at radius 1 is 1.15 bits per heavy atom. The van der Waals surface area contributed by atoms with Gasteiger partial charge in [0.2, 0.25) is 0 Å². The lowest BCUT2D eigenvalue weighted by Crippen LogP contribution is -2.07. The van der Waals surface area contributed by atoms with Crippen LogP contribution in [0.25, 0.3) is 0 Å². The highest BCUT2D eigenvalue weighted by atomic mass is 79.9. The third kappa shape index (κ3) is 3.64. The fourth-order valence-electron chi connectivity index (χ4n) is 2.19. The van der Waals surface area contributed by atoms with Crippen LogP contribution in [-0.2, 0) is 12.0 Å². The summed E-state index contributed by atoms with van der Waals surface area (Å²) in [5.41, 5.74) is 4.00. The van der Waals surface area contributed by atoms with Gasteiger partial charge in [0.15, 0.2) is 0 Å². The van der Waals surface area contributed by atoms with E-state index in [9.17, 15) is 0 Å². The summed E-state index contributed by atoms with van der Waals surface area (Å²) in [6.45, 7) is 11.9. The van der Waals surface area contributed by atoms with E-state index >= 15 is 0 Å². The SMILES string of the molecule is Cc1cc(C)c(NCc2ccc(C(C)(C)C)s2)c(Br)c1. The van der Waals surface area contributed by atoms with Crippen LogP contribution in [0.1, 0.15) is 41.7 Å². The maximum Gasteiger partial charge on any atom is 0.0517 e. The summed E-state index contributed by atoms with van der Waals surface area (Å²) < 4.78 is 1.14. The summed E-state index contributed by atoms with van der Waals surface area (Å²) in [6.07, 6.45) is 0. The fourth-order valence-corrected chi connectivity index (χ4v) is 4.01. The summed E-state index contributed by atoms with van der Waals surface area (Å²) in [5.74, 6) is 0. The second-order valence-electron chi connectivity index (χ2n) is 6.31. The molecule has 0 amide bonds.